The molecule has 0 saturated heterocycles. The molecule has 7 heteroatoms. The number of anilines is 1. The number of benzene rings is 2. The predicted molar refractivity (Wildman–Crippen MR) is 135 cm³/mol. The lowest BCUT2D eigenvalue weighted by molar-refractivity contribution is 0.0107. The largest absolute Gasteiger partial charge is 0.390 e. The van der Waals surface area contributed by atoms with E-state index in [0.29, 0.717) is 10.6 Å². The summed E-state index contributed by atoms with van der Waals surface area (Å²) in [6.45, 7) is 7.49. The number of nitrogens with two attached hydrogens (primary N) is 1. The van der Waals surface area contributed by atoms with E-state index >= 15 is 0 Å². The molecule has 1 atom stereocenters. The van der Waals surface area contributed by atoms with Crippen LogP contribution in [-0.4, -0.2) is 28.6 Å². The molecule has 0 bridgehead atoms. The zero-order chi connectivity index (χ0) is 23.2. The number of halogens is 1. The predicted octanol–water partition coefficient (Wildman–Crippen LogP) is 5.69. The molecule has 0 spiro atoms. The lowest BCUT2D eigenvalue weighted by atomic mass is 9.77. The second-order valence-electron chi connectivity index (χ2n) is 8.86. The number of aliphatic hydroxyl groups is 1. The van der Waals surface area contributed by atoms with Gasteiger partial charge < -0.3 is 20.1 Å². The second kappa shape index (κ2) is 8.50. The van der Waals surface area contributed by atoms with Crippen LogP contribution in [-0.2, 0) is 12.8 Å². The van der Waals surface area contributed by atoms with E-state index in [0.717, 1.165) is 52.7 Å². The summed E-state index contributed by atoms with van der Waals surface area (Å²) in [7, 11) is 1.94. The van der Waals surface area contributed by atoms with Gasteiger partial charge in [0.05, 0.1) is 27.4 Å². The number of rotatable bonds is 6. The average molecular weight is 470 g/mol. The quantitative estimate of drug-likeness (QED) is 0.405. The van der Waals surface area contributed by atoms with Crippen LogP contribution in [0, 0.1) is 5.92 Å². The van der Waals surface area contributed by atoms with Crippen molar-refractivity contribution in [2.45, 2.75) is 38.7 Å². The van der Waals surface area contributed by atoms with Crippen molar-refractivity contribution in [3.8, 4) is 11.1 Å². The molecule has 0 saturated carbocycles. The third-order valence-electron chi connectivity index (χ3n) is 6.45. The van der Waals surface area contributed by atoms with E-state index in [1.54, 1.807) is 11.5 Å². The Morgan fingerprint density at radius 1 is 1.34 bits per heavy atom. The SMILES string of the molecule is C=CSN(C)c1cccc(-c2ccc(C(N)=O)c3[nH]c4c(c23)CCC(C(C)(C)O)C4)c1Cl. The molecular weight excluding hydrogens is 442 g/mol. The van der Waals surface area contributed by atoms with Crippen molar-refractivity contribution in [1.82, 2.24) is 4.98 Å². The number of amides is 1. The lowest BCUT2D eigenvalue weighted by Gasteiger charge is -2.32. The van der Waals surface area contributed by atoms with E-state index in [4.69, 9.17) is 17.3 Å². The molecule has 4 N–H and O–H groups in total. The first-order valence-corrected chi connectivity index (χ1v) is 11.8. The van der Waals surface area contributed by atoms with Crippen molar-refractivity contribution >= 4 is 46.0 Å². The summed E-state index contributed by atoms with van der Waals surface area (Å²) in [5.74, 6) is -0.332. The van der Waals surface area contributed by atoms with E-state index in [1.807, 2.05) is 49.5 Å². The molecule has 0 fully saturated rings. The molecule has 1 heterocycles. The number of aromatic nitrogens is 1. The molecular formula is C25H28ClN3O2S. The maximum atomic E-state index is 12.2. The van der Waals surface area contributed by atoms with Crippen LogP contribution in [0.15, 0.2) is 42.3 Å². The standard InChI is InChI=1S/C25H28ClN3O2S/c1-5-32-29(4)20-8-6-7-16(22(20)26)15-11-12-18(24(27)30)23-21(15)17-10-9-14(25(2,3)31)13-19(17)28-23/h5-8,11-12,14,28,31H,1,9-10,13H2,2-4H3,(H2,27,30). The van der Waals surface area contributed by atoms with Gasteiger partial charge in [-0.3, -0.25) is 4.79 Å². The number of nitrogens with one attached hydrogen (secondary N) is 1. The Bertz CT molecular complexity index is 1210. The Labute approximate surface area is 197 Å². The van der Waals surface area contributed by atoms with Crippen molar-refractivity contribution < 1.29 is 9.90 Å². The fraction of sp³-hybridized carbons (Fsp3) is 0.320. The van der Waals surface area contributed by atoms with Crippen LogP contribution >= 0.6 is 23.5 Å². The van der Waals surface area contributed by atoms with Crippen LogP contribution in [0.2, 0.25) is 5.02 Å². The molecule has 3 aromatic rings. The highest BCUT2D eigenvalue weighted by Crippen LogP contribution is 2.44. The molecule has 1 amide bonds. The van der Waals surface area contributed by atoms with E-state index in [9.17, 15) is 9.90 Å². The van der Waals surface area contributed by atoms with Crippen molar-refractivity contribution in [2.75, 3.05) is 11.4 Å². The summed E-state index contributed by atoms with van der Waals surface area (Å²) in [6.07, 6.45) is 2.40. The second-order valence-corrected chi connectivity index (χ2v) is 10.3. The normalized spacial score (nSPS) is 16.1. The first kappa shape index (κ1) is 22.8. The number of nitrogens with zero attached hydrogens (tertiary/aromatic N) is 1. The van der Waals surface area contributed by atoms with E-state index in [2.05, 4.69) is 11.6 Å². The van der Waals surface area contributed by atoms with Crippen LogP contribution in [0.3, 0.4) is 0 Å². The Hall–Kier alpha value is -2.41. The minimum atomic E-state index is -0.768. The van der Waals surface area contributed by atoms with Crippen molar-refractivity contribution in [1.29, 1.82) is 0 Å². The maximum absolute atomic E-state index is 12.2. The summed E-state index contributed by atoms with van der Waals surface area (Å²) in [5, 5.41) is 13.9. The van der Waals surface area contributed by atoms with E-state index < -0.39 is 11.5 Å². The van der Waals surface area contributed by atoms with Crippen LogP contribution in [0.25, 0.3) is 22.0 Å². The highest BCUT2D eigenvalue weighted by molar-refractivity contribution is 8.03. The number of aryl methyl sites for hydroxylation is 1. The monoisotopic (exact) mass is 469 g/mol. The molecule has 32 heavy (non-hydrogen) atoms. The van der Waals surface area contributed by atoms with Crippen molar-refractivity contribution in [3.63, 3.8) is 0 Å². The highest BCUT2D eigenvalue weighted by atomic mass is 35.5. The molecule has 0 aliphatic heterocycles. The summed E-state index contributed by atoms with van der Waals surface area (Å²) in [6, 6.07) is 9.65. The maximum Gasteiger partial charge on any atom is 0.250 e. The molecule has 168 valence electrons. The summed E-state index contributed by atoms with van der Waals surface area (Å²) < 4.78 is 1.97. The topological polar surface area (TPSA) is 82.3 Å². The number of fused-ring (bicyclic) bond motifs is 3. The average Bonchev–Trinajstić information content (AvgIpc) is 3.11. The smallest absolute Gasteiger partial charge is 0.250 e. The Morgan fingerprint density at radius 3 is 2.75 bits per heavy atom. The zero-order valence-electron chi connectivity index (χ0n) is 18.5. The van der Waals surface area contributed by atoms with Crippen molar-refractivity contribution in [3.05, 3.63) is 64.2 Å². The third-order valence-corrected chi connectivity index (χ3v) is 7.50. The Kier molecular flexibility index (Phi) is 6.05. The van der Waals surface area contributed by atoms with Gasteiger partial charge in [-0.15, -0.1) is 0 Å². The van der Waals surface area contributed by atoms with Gasteiger partial charge in [-0.05, 0) is 79.6 Å². The van der Waals surface area contributed by atoms with Crippen LogP contribution in [0.5, 0.6) is 0 Å². The number of hydrogen-bond donors (Lipinski definition) is 3. The first-order chi connectivity index (χ1) is 15.1. The third kappa shape index (κ3) is 3.91. The molecule has 4 rings (SSSR count). The number of aromatic amines is 1. The number of primary amides is 1. The molecule has 2 aromatic carbocycles. The van der Waals surface area contributed by atoms with Gasteiger partial charge in [0.25, 0.3) is 5.91 Å². The van der Waals surface area contributed by atoms with Gasteiger partial charge in [-0.1, -0.05) is 36.4 Å². The van der Waals surface area contributed by atoms with Gasteiger partial charge in [0.15, 0.2) is 0 Å². The van der Waals surface area contributed by atoms with Gasteiger partial charge >= 0.3 is 0 Å². The molecule has 0 radical (unpaired) electrons. The van der Waals surface area contributed by atoms with Gasteiger partial charge in [-0.25, -0.2) is 0 Å². The fourth-order valence-electron chi connectivity index (χ4n) is 4.71. The van der Waals surface area contributed by atoms with Crippen molar-refractivity contribution in [2.24, 2.45) is 11.7 Å². The summed E-state index contributed by atoms with van der Waals surface area (Å²) in [4.78, 5) is 15.7. The minimum Gasteiger partial charge on any atom is -0.390 e. The molecule has 1 aromatic heterocycles. The molecule has 5 nitrogen and oxygen atoms in total. The zero-order valence-corrected chi connectivity index (χ0v) is 20.1. The van der Waals surface area contributed by atoms with E-state index in [1.165, 1.54) is 17.5 Å². The lowest BCUT2D eigenvalue weighted by Crippen LogP contribution is -2.34. The first-order valence-electron chi connectivity index (χ1n) is 10.6. The van der Waals surface area contributed by atoms with Crippen LogP contribution in [0.4, 0.5) is 5.69 Å². The van der Waals surface area contributed by atoms with Crippen LogP contribution in [0.1, 0.15) is 41.9 Å². The molecule has 1 aliphatic rings. The van der Waals surface area contributed by atoms with Gasteiger partial charge in [-0.2, -0.15) is 0 Å². The Morgan fingerprint density at radius 2 is 2.09 bits per heavy atom. The number of H-pyrrole nitrogens is 1. The van der Waals surface area contributed by atoms with Crippen LogP contribution < -0.4 is 10.0 Å². The highest BCUT2D eigenvalue weighted by Gasteiger charge is 2.33. The molecule has 1 aliphatic carbocycles. The fourth-order valence-corrected chi connectivity index (χ4v) is 5.61. The Balaban J connectivity index is 1.94. The number of carbonyl (C=O) groups excluding carboxylic acids is 1. The number of carbonyl (C=O) groups is 1. The minimum absolute atomic E-state index is 0.139. The number of hydrogen-bond acceptors (Lipinski definition) is 4. The summed E-state index contributed by atoms with van der Waals surface area (Å²) in [5.41, 5.74) is 11.1. The van der Waals surface area contributed by atoms with Gasteiger partial charge in [0.2, 0.25) is 0 Å². The van der Waals surface area contributed by atoms with Gasteiger partial charge in [0.1, 0.15) is 0 Å². The van der Waals surface area contributed by atoms with Gasteiger partial charge in [0, 0.05) is 23.7 Å². The molecule has 1 unspecified atom stereocenters. The summed E-state index contributed by atoms with van der Waals surface area (Å²) >= 11 is 8.35. The van der Waals surface area contributed by atoms with E-state index in [-0.39, 0.29) is 5.92 Å².